The molecule has 0 saturated heterocycles. The molecule has 0 unspecified atom stereocenters. The van der Waals surface area contributed by atoms with Crippen molar-refractivity contribution in [3.8, 4) is 17.2 Å². The third kappa shape index (κ3) is 6.30. The van der Waals surface area contributed by atoms with Crippen LogP contribution in [0.3, 0.4) is 0 Å². The van der Waals surface area contributed by atoms with E-state index in [0.717, 1.165) is 11.1 Å². The lowest BCUT2D eigenvalue weighted by molar-refractivity contribution is 0.103. The lowest BCUT2D eigenvalue weighted by Crippen LogP contribution is -2.28. The van der Waals surface area contributed by atoms with E-state index in [4.69, 9.17) is 14.2 Å². The van der Waals surface area contributed by atoms with E-state index in [1.807, 2.05) is 44.2 Å². The monoisotopic (exact) mass is 518 g/mol. The van der Waals surface area contributed by atoms with Gasteiger partial charge in [0.1, 0.15) is 22.8 Å². The first-order valence-electron chi connectivity index (χ1n) is 11.8. The minimum atomic E-state index is -3.45. The number of carbonyl (C=O) groups is 1. The fraction of sp³-hybridized carbons (Fsp3) is 0.233. The highest BCUT2D eigenvalue weighted by Gasteiger charge is 2.27. The Morgan fingerprint density at radius 3 is 2.35 bits per heavy atom. The van der Waals surface area contributed by atoms with Crippen LogP contribution in [0.4, 0.5) is 0 Å². The molecule has 0 aliphatic carbocycles. The fourth-order valence-electron chi connectivity index (χ4n) is 4.20. The number of methoxy groups -OCH3 is 2. The minimum absolute atomic E-state index is 0.0665. The van der Waals surface area contributed by atoms with Crippen molar-refractivity contribution in [1.29, 1.82) is 0 Å². The minimum Gasteiger partial charge on any atom is -0.496 e. The van der Waals surface area contributed by atoms with Gasteiger partial charge in [-0.05, 0) is 67.5 Å². The number of allylic oxidation sites excluding steroid dienone is 1. The molecule has 1 aliphatic heterocycles. The van der Waals surface area contributed by atoms with Gasteiger partial charge in [0, 0.05) is 5.56 Å². The molecule has 1 heterocycles. The van der Waals surface area contributed by atoms with Crippen LogP contribution < -0.4 is 14.2 Å². The Labute approximate surface area is 218 Å². The second-order valence-electron chi connectivity index (χ2n) is 9.38. The van der Waals surface area contributed by atoms with Crippen LogP contribution in [0.15, 0.2) is 72.8 Å². The van der Waals surface area contributed by atoms with Crippen LogP contribution in [0.1, 0.15) is 46.5 Å². The molecule has 0 radical (unpaired) electrons. The van der Waals surface area contributed by atoms with E-state index in [0.29, 0.717) is 33.9 Å². The SMILES string of the molecule is COc1ccc(/C=C/C(=O)c2ccc(OC)c3c2OC(C)(C)C=C3)cc1CS(=O)(=O)Cc1ccccc1. The fourth-order valence-corrected chi connectivity index (χ4v) is 5.70. The average molecular weight is 519 g/mol. The Balaban J connectivity index is 1.59. The van der Waals surface area contributed by atoms with Crippen molar-refractivity contribution < 1.29 is 27.4 Å². The Hall–Kier alpha value is -3.84. The molecule has 3 aromatic rings. The van der Waals surface area contributed by atoms with Crippen LogP contribution >= 0.6 is 0 Å². The van der Waals surface area contributed by atoms with Gasteiger partial charge in [-0.25, -0.2) is 8.42 Å². The smallest absolute Gasteiger partial charge is 0.189 e. The number of fused-ring (bicyclic) bond motifs is 1. The van der Waals surface area contributed by atoms with Gasteiger partial charge in [0.05, 0.1) is 36.9 Å². The van der Waals surface area contributed by atoms with Crippen LogP contribution in [0.2, 0.25) is 0 Å². The molecule has 0 saturated carbocycles. The summed E-state index contributed by atoms with van der Waals surface area (Å²) in [5, 5.41) is 0. The first-order chi connectivity index (χ1) is 17.6. The molecule has 0 bridgehead atoms. The van der Waals surface area contributed by atoms with Crippen LogP contribution in [0.5, 0.6) is 17.2 Å². The molecule has 4 rings (SSSR count). The average Bonchev–Trinajstić information content (AvgIpc) is 2.86. The predicted molar refractivity (Wildman–Crippen MR) is 146 cm³/mol. The number of ether oxygens (including phenoxy) is 3. The Morgan fingerprint density at radius 1 is 0.946 bits per heavy atom. The van der Waals surface area contributed by atoms with Crippen LogP contribution in [0, 0.1) is 0 Å². The molecule has 0 atom stereocenters. The van der Waals surface area contributed by atoms with Gasteiger partial charge in [-0.3, -0.25) is 4.79 Å². The van der Waals surface area contributed by atoms with Crippen molar-refractivity contribution in [3.63, 3.8) is 0 Å². The summed E-state index contributed by atoms with van der Waals surface area (Å²) in [7, 11) is -0.365. The summed E-state index contributed by atoms with van der Waals surface area (Å²) in [6.45, 7) is 3.83. The summed E-state index contributed by atoms with van der Waals surface area (Å²) in [6.07, 6.45) is 6.95. The summed E-state index contributed by atoms with van der Waals surface area (Å²) in [6, 6.07) is 17.7. The van der Waals surface area contributed by atoms with E-state index in [1.54, 1.807) is 55.7 Å². The number of sulfone groups is 1. The quantitative estimate of drug-likeness (QED) is 0.259. The third-order valence-electron chi connectivity index (χ3n) is 5.99. The summed E-state index contributed by atoms with van der Waals surface area (Å²) < 4.78 is 42.7. The second-order valence-corrected chi connectivity index (χ2v) is 11.4. The van der Waals surface area contributed by atoms with Gasteiger partial charge < -0.3 is 14.2 Å². The molecular weight excluding hydrogens is 488 g/mol. The van der Waals surface area contributed by atoms with Crippen molar-refractivity contribution in [2.45, 2.75) is 31.0 Å². The van der Waals surface area contributed by atoms with Crippen LogP contribution in [-0.2, 0) is 21.3 Å². The number of ketones is 1. The Morgan fingerprint density at radius 2 is 1.65 bits per heavy atom. The molecule has 1 aliphatic rings. The standard InChI is InChI=1S/C30H30O6S/c1-30(2)17-16-25-28(35-4)15-12-24(29(25)36-30)26(31)13-10-21-11-14-27(34-3)23(18-21)20-37(32,33)19-22-8-6-5-7-9-22/h5-18H,19-20H2,1-4H3/b13-10+. The van der Waals surface area contributed by atoms with Gasteiger partial charge in [0.25, 0.3) is 0 Å². The van der Waals surface area contributed by atoms with Gasteiger partial charge >= 0.3 is 0 Å². The van der Waals surface area contributed by atoms with Crippen LogP contribution in [-0.4, -0.2) is 34.0 Å². The van der Waals surface area contributed by atoms with Crippen molar-refractivity contribution >= 4 is 27.8 Å². The Kier molecular flexibility index (Phi) is 7.55. The number of hydrogen-bond acceptors (Lipinski definition) is 6. The summed E-state index contributed by atoms with van der Waals surface area (Å²) in [4.78, 5) is 13.2. The summed E-state index contributed by atoms with van der Waals surface area (Å²) in [5.41, 5.74) is 2.52. The molecule has 0 spiro atoms. The van der Waals surface area contributed by atoms with E-state index >= 15 is 0 Å². The lowest BCUT2D eigenvalue weighted by atomic mass is 9.97. The molecule has 0 fully saturated rings. The van der Waals surface area contributed by atoms with E-state index in [1.165, 1.54) is 13.2 Å². The predicted octanol–water partition coefficient (Wildman–Crippen LogP) is 5.90. The Bertz CT molecular complexity index is 1470. The van der Waals surface area contributed by atoms with Gasteiger partial charge in [-0.15, -0.1) is 0 Å². The van der Waals surface area contributed by atoms with Gasteiger partial charge in [0.2, 0.25) is 0 Å². The van der Waals surface area contributed by atoms with Crippen molar-refractivity contribution in [1.82, 2.24) is 0 Å². The zero-order valence-electron chi connectivity index (χ0n) is 21.4. The van der Waals surface area contributed by atoms with Gasteiger partial charge in [-0.1, -0.05) is 42.5 Å². The van der Waals surface area contributed by atoms with Crippen molar-refractivity contribution in [2.24, 2.45) is 0 Å². The number of benzene rings is 3. The molecule has 7 heteroatoms. The summed E-state index contributed by atoms with van der Waals surface area (Å²) >= 11 is 0. The molecule has 0 aromatic heterocycles. The zero-order chi connectivity index (χ0) is 26.6. The van der Waals surface area contributed by atoms with Crippen molar-refractivity contribution in [3.05, 3.63) is 101 Å². The maximum Gasteiger partial charge on any atom is 0.189 e. The van der Waals surface area contributed by atoms with E-state index in [-0.39, 0.29) is 17.3 Å². The number of carbonyl (C=O) groups excluding carboxylic acids is 1. The van der Waals surface area contributed by atoms with Crippen LogP contribution in [0.25, 0.3) is 12.2 Å². The van der Waals surface area contributed by atoms with E-state index in [2.05, 4.69) is 0 Å². The molecular formula is C30H30O6S. The lowest BCUT2D eigenvalue weighted by Gasteiger charge is -2.29. The maximum absolute atomic E-state index is 13.2. The first-order valence-corrected chi connectivity index (χ1v) is 13.7. The third-order valence-corrected chi connectivity index (χ3v) is 7.52. The molecule has 37 heavy (non-hydrogen) atoms. The molecule has 3 aromatic carbocycles. The van der Waals surface area contributed by atoms with E-state index in [9.17, 15) is 13.2 Å². The highest BCUT2D eigenvalue weighted by Crippen LogP contribution is 2.40. The molecule has 0 amide bonds. The number of rotatable bonds is 9. The largest absolute Gasteiger partial charge is 0.496 e. The van der Waals surface area contributed by atoms with Gasteiger partial charge in [0.15, 0.2) is 15.6 Å². The molecule has 192 valence electrons. The van der Waals surface area contributed by atoms with Gasteiger partial charge in [-0.2, -0.15) is 0 Å². The topological polar surface area (TPSA) is 78.9 Å². The highest BCUT2D eigenvalue weighted by atomic mass is 32.2. The number of hydrogen-bond donors (Lipinski definition) is 0. The second kappa shape index (κ2) is 10.6. The van der Waals surface area contributed by atoms with E-state index < -0.39 is 15.4 Å². The highest BCUT2D eigenvalue weighted by molar-refractivity contribution is 7.89. The first kappa shape index (κ1) is 26.2. The normalized spacial score (nSPS) is 14.2. The summed E-state index contributed by atoms with van der Waals surface area (Å²) in [5.74, 6) is 1.10. The maximum atomic E-state index is 13.2. The molecule has 0 N–H and O–H groups in total. The van der Waals surface area contributed by atoms with Crippen molar-refractivity contribution in [2.75, 3.05) is 14.2 Å². The zero-order valence-corrected chi connectivity index (χ0v) is 22.2. The molecule has 6 nitrogen and oxygen atoms in total.